The monoisotopic (exact) mass is 530 g/mol. The molecule has 0 fully saturated rings. The summed E-state index contributed by atoms with van der Waals surface area (Å²) in [7, 11) is -3.34. The van der Waals surface area contributed by atoms with Crippen molar-refractivity contribution in [2.45, 2.75) is 4.90 Å². The molecule has 0 aliphatic heterocycles. The van der Waals surface area contributed by atoms with Crippen LogP contribution in [0.2, 0.25) is 0 Å². The Kier molecular flexibility index (Phi) is 6.23. The average Bonchev–Trinajstić information content (AvgIpc) is 3.19. The molecule has 0 saturated carbocycles. The van der Waals surface area contributed by atoms with Crippen molar-refractivity contribution in [1.29, 1.82) is 0 Å². The zero-order chi connectivity index (χ0) is 22.9. The quantitative estimate of drug-likeness (QED) is 0.341. The van der Waals surface area contributed by atoms with E-state index in [0.29, 0.717) is 27.4 Å². The molecule has 0 bridgehead atoms. The fourth-order valence-corrected chi connectivity index (χ4v) is 5.04. The van der Waals surface area contributed by atoms with Gasteiger partial charge >= 0.3 is 0 Å². The van der Waals surface area contributed by atoms with Gasteiger partial charge in [-0.15, -0.1) is 11.3 Å². The summed E-state index contributed by atoms with van der Waals surface area (Å²) in [6, 6.07) is 19.4. The number of thiazole rings is 1. The van der Waals surface area contributed by atoms with E-state index in [1.807, 2.05) is 6.07 Å². The molecule has 1 N–H and O–H groups in total. The number of hydrogen-bond donors (Lipinski definition) is 1. The third kappa shape index (κ3) is 4.95. The second kappa shape index (κ2) is 8.93. The molecule has 5 nitrogen and oxygen atoms in total. The molecule has 0 aliphatic rings. The van der Waals surface area contributed by atoms with Crippen molar-refractivity contribution in [2.75, 3.05) is 11.6 Å². The second-order valence-corrected chi connectivity index (χ2v) is 10.9. The molecule has 4 rings (SSSR count). The van der Waals surface area contributed by atoms with E-state index in [1.165, 1.54) is 35.6 Å². The predicted molar refractivity (Wildman–Crippen MR) is 128 cm³/mol. The Hall–Kier alpha value is -2.88. The number of carbonyl (C=O) groups excluding carboxylic acids is 1. The molecule has 9 heteroatoms. The van der Waals surface area contributed by atoms with E-state index in [9.17, 15) is 17.6 Å². The molecule has 0 spiro atoms. The molecule has 4 aromatic rings. The summed E-state index contributed by atoms with van der Waals surface area (Å²) in [6.45, 7) is 0. The number of anilines is 1. The van der Waals surface area contributed by atoms with E-state index in [2.05, 4.69) is 26.2 Å². The van der Waals surface area contributed by atoms with E-state index in [1.54, 1.807) is 42.5 Å². The van der Waals surface area contributed by atoms with Gasteiger partial charge in [-0.25, -0.2) is 17.8 Å². The molecule has 0 unspecified atom stereocenters. The Morgan fingerprint density at radius 3 is 2.28 bits per heavy atom. The van der Waals surface area contributed by atoms with Gasteiger partial charge in [0.1, 0.15) is 5.82 Å². The summed E-state index contributed by atoms with van der Waals surface area (Å²) in [4.78, 5) is 18.3. The van der Waals surface area contributed by atoms with Crippen LogP contribution in [0.4, 0.5) is 10.1 Å². The van der Waals surface area contributed by atoms with Gasteiger partial charge in [-0.1, -0.05) is 34.1 Å². The van der Waals surface area contributed by atoms with Gasteiger partial charge in [0, 0.05) is 22.0 Å². The van der Waals surface area contributed by atoms with Crippen LogP contribution in [-0.4, -0.2) is 25.6 Å². The molecular weight excluding hydrogens is 515 g/mol. The lowest BCUT2D eigenvalue weighted by Gasteiger charge is -2.04. The normalized spacial score (nSPS) is 11.3. The van der Waals surface area contributed by atoms with Gasteiger partial charge in [0.05, 0.1) is 15.5 Å². The lowest BCUT2D eigenvalue weighted by atomic mass is 10.1. The first-order valence-electron chi connectivity index (χ1n) is 9.35. The topological polar surface area (TPSA) is 76.1 Å². The number of nitrogens with one attached hydrogen (secondary N) is 1. The highest BCUT2D eigenvalue weighted by Gasteiger charge is 2.20. The number of nitrogens with zero attached hydrogens (tertiary/aromatic N) is 1. The highest BCUT2D eigenvalue weighted by molar-refractivity contribution is 9.10. The van der Waals surface area contributed by atoms with Crippen molar-refractivity contribution < 1.29 is 17.6 Å². The van der Waals surface area contributed by atoms with Gasteiger partial charge in [-0.05, 0) is 60.2 Å². The van der Waals surface area contributed by atoms with Crippen LogP contribution in [0.25, 0.3) is 21.7 Å². The number of benzene rings is 3. The maximum atomic E-state index is 13.4. The number of sulfone groups is 1. The summed E-state index contributed by atoms with van der Waals surface area (Å²) in [5.41, 5.74) is 2.48. The van der Waals surface area contributed by atoms with Gasteiger partial charge < -0.3 is 5.32 Å². The molecule has 1 amide bonds. The molecule has 1 heterocycles. The molecule has 0 aliphatic carbocycles. The van der Waals surface area contributed by atoms with Crippen LogP contribution in [0.1, 0.15) is 9.80 Å². The maximum Gasteiger partial charge on any atom is 0.284 e. The fourth-order valence-electron chi connectivity index (χ4n) is 3.02. The Morgan fingerprint density at radius 1 is 1.00 bits per heavy atom. The smallest absolute Gasteiger partial charge is 0.284 e. The molecule has 1 aromatic heterocycles. The average molecular weight is 531 g/mol. The van der Waals surface area contributed by atoms with Crippen LogP contribution >= 0.6 is 27.3 Å². The van der Waals surface area contributed by atoms with E-state index < -0.39 is 9.84 Å². The van der Waals surface area contributed by atoms with Gasteiger partial charge in [0.25, 0.3) is 5.91 Å². The minimum atomic E-state index is -3.34. The number of rotatable bonds is 5. The van der Waals surface area contributed by atoms with Gasteiger partial charge in [0.15, 0.2) is 14.8 Å². The van der Waals surface area contributed by atoms with Crippen LogP contribution in [0, 0.1) is 5.82 Å². The van der Waals surface area contributed by atoms with Crippen LogP contribution in [0.5, 0.6) is 0 Å². The lowest BCUT2D eigenvalue weighted by Crippen LogP contribution is -2.11. The van der Waals surface area contributed by atoms with Crippen LogP contribution in [-0.2, 0) is 9.84 Å². The molecular formula is C23H16BrFN2O3S2. The number of hydrogen-bond acceptors (Lipinski definition) is 5. The van der Waals surface area contributed by atoms with Crippen molar-refractivity contribution in [3.8, 4) is 21.7 Å². The third-order valence-corrected chi connectivity index (χ3v) is 7.29. The zero-order valence-corrected chi connectivity index (χ0v) is 19.9. The summed E-state index contributed by atoms with van der Waals surface area (Å²) in [6.07, 6.45) is 1.14. The first kappa shape index (κ1) is 22.3. The van der Waals surface area contributed by atoms with Gasteiger partial charge in [0.2, 0.25) is 0 Å². The van der Waals surface area contributed by atoms with E-state index in [0.717, 1.165) is 10.7 Å². The van der Waals surface area contributed by atoms with E-state index in [4.69, 9.17) is 0 Å². The Labute approximate surface area is 197 Å². The van der Waals surface area contributed by atoms with E-state index >= 15 is 0 Å². The minimum Gasteiger partial charge on any atom is -0.320 e. The van der Waals surface area contributed by atoms with Gasteiger partial charge in [-0.2, -0.15) is 0 Å². The van der Waals surface area contributed by atoms with Gasteiger partial charge in [-0.3, -0.25) is 4.79 Å². The number of amides is 1. The highest BCUT2D eigenvalue weighted by Crippen LogP contribution is 2.37. The number of aromatic nitrogens is 1. The molecule has 0 atom stereocenters. The first-order chi connectivity index (χ1) is 15.2. The van der Waals surface area contributed by atoms with Crippen molar-refractivity contribution in [1.82, 2.24) is 4.98 Å². The van der Waals surface area contributed by atoms with E-state index in [-0.39, 0.29) is 21.6 Å². The summed E-state index contributed by atoms with van der Waals surface area (Å²) < 4.78 is 37.9. The predicted octanol–water partition coefficient (Wildman–Crippen LogP) is 6.03. The minimum absolute atomic E-state index is 0.196. The molecule has 32 heavy (non-hydrogen) atoms. The van der Waals surface area contributed by atoms with Crippen molar-refractivity contribution in [3.05, 3.63) is 88.1 Å². The Balaban J connectivity index is 1.76. The Bertz CT molecular complexity index is 1400. The van der Waals surface area contributed by atoms with Crippen molar-refractivity contribution >= 4 is 48.7 Å². The highest BCUT2D eigenvalue weighted by atomic mass is 79.9. The second-order valence-electron chi connectivity index (χ2n) is 6.96. The van der Waals surface area contributed by atoms with Crippen molar-refractivity contribution in [2.24, 2.45) is 0 Å². The maximum absolute atomic E-state index is 13.4. The third-order valence-electron chi connectivity index (χ3n) is 4.57. The molecule has 3 aromatic carbocycles. The molecule has 162 valence electrons. The van der Waals surface area contributed by atoms with Crippen LogP contribution < -0.4 is 5.32 Å². The fraction of sp³-hybridized carbons (Fsp3) is 0.0435. The summed E-state index contributed by atoms with van der Waals surface area (Å²) in [5.74, 6) is -0.758. The van der Waals surface area contributed by atoms with Crippen molar-refractivity contribution in [3.63, 3.8) is 0 Å². The summed E-state index contributed by atoms with van der Waals surface area (Å²) >= 11 is 4.55. The molecule has 0 radical (unpaired) electrons. The first-order valence-corrected chi connectivity index (χ1v) is 12.8. The largest absolute Gasteiger partial charge is 0.320 e. The molecule has 0 saturated heterocycles. The Morgan fingerprint density at radius 2 is 1.66 bits per heavy atom. The lowest BCUT2D eigenvalue weighted by molar-refractivity contribution is 0.102. The summed E-state index contributed by atoms with van der Waals surface area (Å²) in [5, 5.41) is 3.05. The number of carbonyl (C=O) groups is 1. The SMILES string of the molecule is CS(=O)(=O)c1ccc(-c2sc(C(=O)Nc3cccc(Br)c3)nc2-c2ccc(F)cc2)cc1. The van der Waals surface area contributed by atoms with Crippen LogP contribution in [0.3, 0.4) is 0 Å². The standard InChI is InChI=1S/C23H16BrFN2O3S2/c1-32(29,30)19-11-7-15(8-12-19)21-20(14-5-9-17(25)10-6-14)27-23(31-21)22(28)26-18-4-2-3-16(24)13-18/h2-13H,1H3,(H,26,28). The zero-order valence-electron chi connectivity index (χ0n) is 16.7. The number of halogens is 2. The van der Waals surface area contributed by atoms with Crippen LogP contribution in [0.15, 0.2) is 82.2 Å².